The van der Waals surface area contributed by atoms with Crippen molar-refractivity contribution in [1.29, 1.82) is 0 Å². The Labute approximate surface area is 134 Å². The summed E-state index contributed by atoms with van der Waals surface area (Å²) in [6.07, 6.45) is 3.86. The standard InChI is InChI=1S/C12H12N8S2/c13-10-15-9(16-11(14)18-10)6-22-12-17-8(19-20-12)4-3-7-2-1-5-21-7/h1-5H,6H2,(H,17,19,20)(H4,13,14,15,16,18)/b4-3+. The number of hydrogen-bond acceptors (Lipinski definition) is 9. The number of rotatable bonds is 5. The molecule has 0 aromatic carbocycles. The third-order valence-electron chi connectivity index (χ3n) is 2.48. The Morgan fingerprint density at radius 1 is 1.14 bits per heavy atom. The zero-order valence-electron chi connectivity index (χ0n) is 11.3. The minimum Gasteiger partial charge on any atom is -0.368 e. The van der Waals surface area contributed by atoms with Crippen LogP contribution in [0.3, 0.4) is 0 Å². The predicted octanol–water partition coefficient (Wildman–Crippen LogP) is 1.68. The van der Waals surface area contributed by atoms with Crippen molar-refractivity contribution in [2.75, 3.05) is 11.5 Å². The first kappa shape index (κ1) is 14.5. The van der Waals surface area contributed by atoms with Gasteiger partial charge in [0.2, 0.25) is 17.1 Å². The molecule has 3 heterocycles. The molecule has 0 atom stereocenters. The zero-order valence-corrected chi connectivity index (χ0v) is 12.9. The number of hydrogen-bond donors (Lipinski definition) is 3. The summed E-state index contributed by atoms with van der Waals surface area (Å²) in [6, 6.07) is 4.03. The van der Waals surface area contributed by atoms with E-state index in [1.54, 1.807) is 11.3 Å². The molecule has 5 N–H and O–H groups in total. The van der Waals surface area contributed by atoms with Crippen molar-refractivity contribution in [1.82, 2.24) is 30.1 Å². The van der Waals surface area contributed by atoms with Crippen LogP contribution in [0.4, 0.5) is 11.9 Å². The molecule has 0 saturated heterocycles. The number of nitrogens with one attached hydrogen (secondary N) is 1. The van der Waals surface area contributed by atoms with Crippen LogP contribution in [0.5, 0.6) is 0 Å². The lowest BCUT2D eigenvalue weighted by molar-refractivity contribution is 0.957. The molecule has 112 valence electrons. The third-order valence-corrected chi connectivity index (χ3v) is 4.16. The minimum absolute atomic E-state index is 0.109. The van der Waals surface area contributed by atoms with Gasteiger partial charge >= 0.3 is 0 Å². The van der Waals surface area contributed by atoms with Gasteiger partial charge in [-0.3, -0.25) is 5.10 Å². The van der Waals surface area contributed by atoms with Gasteiger partial charge < -0.3 is 11.5 Å². The molecule has 0 radical (unpaired) electrons. The molecule has 3 rings (SSSR count). The van der Waals surface area contributed by atoms with Gasteiger partial charge in [0.05, 0.1) is 5.75 Å². The summed E-state index contributed by atoms with van der Waals surface area (Å²) in [5.74, 6) is 1.86. The van der Waals surface area contributed by atoms with Crippen molar-refractivity contribution >= 4 is 47.1 Å². The summed E-state index contributed by atoms with van der Waals surface area (Å²) < 4.78 is 0. The number of anilines is 2. The highest BCUT2D eigenvalue weighted by Crippen LogP contribution is 2.18. The maximum atomic E-state index is 5.52. The lowest BCUT2D eigenvalue weighted by Gasteiger charge is -1.99. The maximum Gasteiger partial charge on any atom is 0.225 e. The molecule has 0 amide bonds. The molecule has 0 aliphatic heterocycles. The summed E-state index contributed by atoms with van der Waals surface area (Å²) in [4.78, 5) is 17.2. The highest BCUT2D eigenvalue weighted by molar-refractivity contribution is 7.98. The van der Waals surface area contributed by atoms with E-state index in [4.69, 9.17) is 11.5 Å². The van der Waals surface area contributed by atoms with Crippen molar-refractivity contribution < 1.29 is 0 Å². The molecular formula is C12H12N8S2. The largest absolute Gasteiger partial charge is 0.368 e. The SMILES string of the molecule is Nc1nc(N)nc(CSc2n[nH]c(/C=C/c3cccs3)n2)n1. The van der Waals surface area contributed by atoms with Gasteiger partial charge in [0, 0.05) is 4.88 Å². The number of aromatic amines is 1. The van der Waals surface area contributed by atoms with E-state index in [1.165, 1.54) is 11.8 Å². The van der Waals surface area contributed by atoms with Crippen LogP contribution in [0.1, 0.15) is 16.5 Å². The Morgan fingerprint density at radius 2 is 1.95 bits per heavy atom. The molecule has 0 fully saturated rings. The topological polar surface area (TPSA) is 132 Å². The van der Waals surface area contributed by atoms with Gasteiger partial charge in [-0.2, -0.15) is 15.0 Å². The van der Waals surface area contributed by atoms with Crippen LogP contribution < -0.4 is 11.5 Å². The Morgan fingerprint density at radius 3 is 2.68 bits per heavy atom. The van der Waals surface area contributed by atoms with Gasteiger partial charge in [-0.05, 0) is 23.6 Å². The van der Waals surface area contributed by atoms with Gasteiger partial charge in [-0.25, -0.2) is 4.98 Å². The average Bonchev–Trinajstić information content (AvgIpc) is 3.13. The zero-order chi connectivity index (χ0) is 15.4. The molecule has 10 heteroatoms. The van der Waals surface area contributed by atoms with Gasteiger partial charge in [0.25, 0.3) is 0 Å². The first-order chi connectivity index (χ1) is 10.7. The molecule has 0 aliphatic carbocycles. The van der Waals surface area contributed by atoms with Gasteiger partial charge in [0.1, 0.15) is 11.6 Å². The molecule has 0 unspecified atom stereocenters. The normalized spacial score (nSPS) is 11.3. The van der Waals surface area contributed by atoms with Crippen LogP contribution in [-0.2, 0) is 5.75 Å². The lowest BCUT2D eigenvalue weighted by atomic mass is 10.4. The Balaban J connectivity index is 1.62. The number of nitrogens with zero attached hydrogens (tertiary/aromatic N) is 5. The molecule has 8 nitrogen and oxygen atoms in total. The maximum absolute atomic E-state index is 5.52. The van der Waals surface area contributed by atoms with Crippen LogP contribution in [-0.4, -0.2) is 30.1 Å². The van der Waals surface area contributed by atoms with E-state index in [-0.39, 0.29) is 11.9 Å². The second kappa shape index (κ2) is 6.54. The molecule has 0 spiro atoms. The van der Waals surface area contributed by atoms with Gasteiger partial charge in [0.15, 0.2) is 0 Å². The lowest BCUT2D eigenvalue weighted by Crippen LogP contribution is -2.05. The number of H-pyrrole nitrogens is 1. The fraction of sp³-hybridized carbons (Fsp3) is 0.0833. The van der Waals surface area contributed by atoms with E-state index < -0.39 is 0 Å². The Kier molecular flexibility index (Phi) is 4.30. The molecular weight excluding hydrogens is 320 g/mol. The first-order valence-electron chi connectivity index (χ1n) is 6.22. The fourth-order valence-electron chi connectivity index (χ4n) is 1.59. The summed E-state index contributed by atoms with van der Waals surface area (Å²) in [5, 5.41) is 9.60. The van der Waals surface area contributed by atoms with Crippen LogP contribution in [0, 0.1) is 0 Å². The summed E-state index contributed by atoms with van der Waals surface area (Å²) in [6.45, 7) is 0. The second-order valence-corrected chi connectivity index (χ2v) is 6.03. The molecule has 3 aromatic heterocycles. The van der Waals surface area contributed by atoms with E-state index in [2.05, 4.69) is 30.1 Å². The highest BCUT2D eigenvalue weighted by atomic mass is 32.2. The van der Waals surface area contributed by atoms with Crippen molar-refractivity contribution in [3.05, 3.63) is 34.0 Å². The third kappa shape index (κ3) is 3.80. The number of nitrogens with two attached hydrogens (primary N) is 2. The Hall–Kier alpha value is -2.46. The monoisotopic (exact) mass is 332 g/mol. The number of aromatic nitrogens is 6. The van der Waals surface area contributed by atoms with Crippen molar-refractivity contribution in [2.24, 2.45) is 0 Å². The number of thiophene rings is 1. The second-order valence-electron chi connectivity index (χ2n) is 4.11. The van der Waals surface area contributed by atoms with E-state index in [0.29, 0.717) is 22.6 Å². The van der Waals surface area contributed by atoms with E-state index >= 15 is 0 Å². The molecule has 0 saturated carbocycles. The van der Waals surface area contributed by atoms with Crippen molar-refractivity contribution in [2.45, 2.75) is 10.9 Å². The molecule has 3 aromatic rings. The van der Waals surface area contributed by atoms with E-state index in [0.717, 1.165) is 4.88 Å². The highest BCUT2D eigenvalue weighted by Gasteiger charge is 2.06. The van der Waals surface area contributed by atoms with E-state index in [1.807, 2.05) is 29.7 Å². The number of thioether (sulfide) groups is 1. The summed E-state index contributed by atoms with van der Waals surface area (Å²) in [5.41, 5.74) is 11.0. The first-order valence-corrected chi connectivity index (χ1v) is 8.08. The van der Waals surface area contributed by atoms with Crippen LogP contribution in [0.25, 0.3) is 12.2 Å². The quantitative estimate of drug-likeness (QED) is 0.601. The van der Waals surface area contributed by atoms with Crippen LogP contribution in [0.2, 0.25) is 0 Å². The average molecular weight is 332 g/mol. The summed E-state index contributed by atoms with van der Waals surface area (Å²) in [7, 11) is 0. The van der Waals surface area contributed by atoms with Crippen LogP contribution >= 0.6 is 23.1 Å². The minimum atomic E-state index is 0.109. The smallest absolute Gasteiger partial charge is 0.225 e. The molecule has 22 heavy (non-hydrogen) atoms. The van der Waals surface area contributed by atoms with Crippen molar-refractivity contribution in [3.63, 3.8) is 0 Å². The van der Waals surface area contributed by atoms with Gasteiger partial charge in [-0.1, -0.05) is 17.8 Å². The molecule has 0 aliphatic rings. The van der Waals surface area contributed by atoms with Gasteiger partial charge in [-0.15, -0.1) is 16.4 Å². The predicted molar refractivity (Wildman–Crippen MR) is 87.8 cm³/mol. The van der Waals surface area contributed by atoms with Crippen molar-refractivity contribution in [3.8, 4) is 0 Å². The fourth-order valence-corrected chi connectivity index (χ4v) is 2.87. The number of nitrogen functional groups attached to an aromatic ring is 2. The van der Waals surface area contributed by atoms with E-state index in [9.17, 15) is 0 Å². The molecule has 0 bridgehead atoms. The van der Waals surface area contributed by atoms with Crippen LogP contribution in [0.15, 0.2) is 22.7 Å². The Bertz CT molecular complexity index is 760. The summed E-state index contributed by atoms with van der Waals surface area (Å²) >= 11 is 3.05.